The first-order valence-corrected chi connectivity index (χ1v) is 9.75. The van der Waals surface area contributed by atoms with Crippen LogP contribution in [0.2, 0.25) is 10.0 Å². The number of nitrogens with zero attached hydrogens (tertiary/aromatic N) is 4. The number of halogens is 3. The van der Waals surface area contributed by atoms with Gasteiger partial charge in [-0.25, -0.2) is 4.98 Å². The topological polar surface area (TPSA) is 69.4 Å². The standard InChI is InChI=1S/C19H10Cl2N4O2S.ClH/c1-27-16-9(6-10(20)8-12(16)21)7-14-18(26)25-19(28-14)23-17-15(24-25)11-4-2-3-5-13(11)22-17;/h2-8H,1H3;1H. The van der Waals surface area contributed by atoms with Crippen LogP contribution in [0.3, 0.4) is 0 Å². The zero-order chi connectivity index (χ0) is 19.4. The van der Waals surface area contributed by atoms with E-state index in [2.05, 4.69) is 15.1 Å². The largest absolute Gasteiger partial charge is 0.495 e. The van der Waals surface area contributed by atoms with Crippen LogP contribution >= 0.6 is 46.9 Å². The summed E-state index contributed by atoms with van der Waals surface area (Å²) in [5.74, 6) is 0.445. The van der Waals surface area contributed by atoms with Gasteiger partial charge in [0, 0.05) is 16.0 Å². The van der Waals surface area contributed by atoms with Crippen molar-refractivity contribution in [3.8, 4) is 5.75 Å². The maximum Gasteiger partial charge on any atom is 0.291 e. The summed E-state index contributed by atoms with van der Waals surface area (Å²) in [5.41, 5.74) is 2.23. The van der Waals surface area contributed by atoms with Crippen LogP contribution in [0.1, 0.15) is 5.56 Å². The molecule has 0 radical (unpaired) electrons. The van der Waals surface area contributed by atoms with Crippen LogP contribution in [0.25, 0.3) is 33.1 Å². The number of benzene rings is 2. The minimum atomic E-state index is -0.280. The molecule has 0 amide bonds. The Morgan fingerprint density at radius 2 is 1.97 bits per heavy atom. The second-order valence-electron chi connectivity index (χ2n) is 6.03. The van der Waals surface area contributed by atoms with E-state index in [1.807, 2.05) is 24.3 Å². The summed E-state index contributed by atoms with van der Waals surface area (Å²) in [4.78, 5) is 22.4. The number of hydrogen-bond donors (Lipinski definition) is 0. The number of ether oxygens (including phenoxy) is 1. The molecule has 29 heavy (non-hydrogen) atoms. The van der Waals surface area contributed by atoms with E-state index in [9.17, 15) is 4.79 Å². The van der Waals surface area contributed by atoms with Crippen molar-refractivity contribution < 1.29 is 4.74 Å². The van der Waals surface area contributed by atoms with Crippen molar-refractivity contribution in [1.82, 2.24) is 19.6 Å². The summed E-state index contributed by atoms with van der Waals surface area (Å²) in [5, 5.41) is 6.17. The Kier molecular flexibility index (Phi) is 5.08. The van der Waals surface area contributed by atoms with E-state index >= 15 is 0 Å². The first kappa shape index (κ1) is 19.8. The molecule has 10 heteroatoms. The molecule has 0 saturated carbocycles. The average molecular weight is 466 g/mol. The summed E-state index contributed by atoms with van der Waals surface area (Å²) in [6, 6.07) is 10.9. The number of methoxy groups -OCH3 is 1. The molecule has 0 saturated heterocycles. The highest BCUT2D eigenvalue weighted by Gasteiger charge is 2.14. The lowest BCUT2D eigenvalue weighted by molar-refractivity contribution is 0.414. The second kappa shape index (κ2) is 7.42. The summed E-state index contributed by atoms with van der Waals surface area (Å²) in [7, 11) is 1.51. The third kappa shape index (κ3) is 3.20. The fourth-order valence-electron chi connectivity index (χ4n) is 3.10. The van der Waals surface area contributed by atoms with Crippen molar-refractivity contribution in [1.29, 1.82) is 0 Å². The van der Waals surface area contributed by atoms with Gasteiger partial charge in [0.2, 0.25) is 4.96 Å². The third-order valence-electron chi connectivity index (χ3n) is 4.31. The lowest BCUT2D eigenvalue weighted by atomic mass is 10.2. The maximum absolute atomic E-state index is 12.9. The van der Waals surface area contributed by atoms with Crippen molar-refractivity contribution in [2.24, 2.45) is 0 Å². The minimum Gasteiger partial charge on any atom is -0.495 e. The number of fused-ring (bicyclic) bond motifs is 4. The van der Waals surface area contributed by atoms with Crippen LogP contribution in [0.4, 0.5) is 0 Å². The Morgan fingerprint density at radius 3 is 2.76 bits per heavy atom. The molecule has 0 aliphatic carbocycles. The SMILES string of the molecule is COc1c(Cl)cc(Cl)cc1C=c1sc2nc3nc4ccccc4c3nn2c1=O.Cl. The van der Waals surface area contributed by atoms with E-state index in [1.165, 1.54) is 23.0 Å². The van der Waals surface area contributed by atoms with Gasteiger partial charge in [-0.15, -0.1) is 12.4 Å². The molecule has 6 nitrogen and oxygen atoms in total. The predicted molar refractivity (Wildman–Crippen MR) is 119 cm³/mol. The van der Waals surface area contributed by atoms with E-state index in [4.69, 9.17) is 27.9 Å². The van der Waals surface area contributed by atoms with E-state index in [1.54, 1.807) is 18.2 Å². The molecule has 146 valence electrons. The zero-order valence-electron chi connectivity index (χ0n) is 14.7. The van der Waals surface area contributed by atoms with Gasteiger partial charge in [0.15, 0.2) is 5.65 Å². The van der Waals surface area contributed by atoms with Crippen molar-refractivity contribution in [3.05, 3.63) is 66.9 Å². The van der Waals surface area contributed by atoms with Crippen LogP contribution in [0, 0.1) is 0 Å². The Morgan fingerprint density at radius 1 is 1.17 bits per heavy atom. The van der Waals surface area contributed by atoms with Crippen LogP contribution in [0.15, 0.2) is 41.2 Å². The van der Waals surface area contributed by atoms with Crippen molar-refractivity contribution in [2.75, 3.05) is 7.11 Å². The van der Waals surface area contributed by atoms with E-state index in [-0.39, 0.29) is 18.0 Å². The second-order valence-corrected chi connectivity index (χ2v) is 7.89. The van der Waals surface area contributed by atoms with Gasteiger partial charge in [0.1, 0.15) is 11.3 Å². The van der Waals surface area contributed by atoms with Gasteiger partial charge in [-0.2, -0.15) is 14.6 Å². The van der Waals surface area contributed by atoms with Crippen molar-refractivity contribution in [3.63, 3.8) is 0 Å². The molecule has 5 rings (SSSR count). The molecule has 0 spiro atoms. The molecule has 0 atom stereocenters. The van der Waals surface area contributed by atoms with Crippen LogP contribution in [0.5, 0.6) is 5.75 Å². The molecule has 0 aliphatic heterocycles. The van der Waals surface area contributed by atoms with Crippen molar-refractivity contribution >= 4 is 80.0 Å². The normalized spacial score (nSPS) is 12.0. The summed E-state index contributed by atoms with van der Waals surface area (Å²) in [6.07, 6.45) is 1.68. The lowest BCUT2D eigenvalue weighted by Gasteiger charge is -2.07. The molecule has 3 heterocycles. The molecule has 2 aromatic carbocycles. The van der Waals surface area contributed by atoms with Crippen LogP contribution < -0.4 is 14.8 Å². The first-order chi connectivity index (χ1) is 13.5. The fourth-order valence-corrected chi connectivity index (χ4v) is 4.58. The summed E-state index contributed by atoms with van der Waals surface area (Å²) >= 11 is 13.5. The molecule has 0 aliphatic rings. The monoisotopic (exact) mass is 464 g/mol. The Hall–Kier alpha value is -2.45. The molecule has 0 fully saturated rings. The molecular weight excluding hydrogens is 455 g/mol. The Bertz CT molecular complexity index is 1510. The average Bonchev–Trinajstić information content (AvgIpc) is 3.17. The highest BCUT2D eigenvalue weighted by molar-refractivity contribution is 7.15. The van der Waals surface area contributed by atoms with Crippen LogP contribution in [-0.4, -0.2) is 26.7 Å². The molecule has 0 unspecified atom stereocenters. The van der Waals surface area contributed by atoms with Gasteiger partial charge in [0.05, 0.1) is 22.2 Å². The van der Waals surface area contributed by atoms with E-state index in [0.29, 0.717) is 42.0 Å². The van der Waals surface area contributed by atoms with Gasteiger partial charge in [-0.3, -0.25) is 4.79 Å². The number of rotatable bonds is 2. The molecule has 5 aromatic rings. The van der Waals surface area contributed by atoms with E-state index in [0.717, 1.165) is 10.9 Å². The number of hydrogen-bond acceptors (Lipinski definition) is 6. The Labute approximate surface area is 183 Å². The van der Waals surface area contributed by atoms with Gasteiger partial charge < -0.3 is 4.74 Å². The summed E-state index contributed by atoms with van der Waals surface area (Å²) < 4.78 is 7.08. The van der Waals surface area contributed by atoms with Gasteiger partial charge in [0.25, 0.3) is 5.56 Å². The predicted octanol–water partition coefficient (Wildman–Crippen LogP) is 4.14. The highest BCUT2D eigenvalue weighted by Crippen LogP contribution is 2.32. The van der Waals surface area contributed by atoms with E-state index < -0.39 is 0 Å². The van der Waals surface area contributed by atoms with Crippen molar-refractivity contribution in [2.45, 2.75) is 0 Å². The Balaban J connectivity index is 0.00000205. The molecule has 0 N–H and O–H groups in total. The van der Waals surface area contributed by atoms with Gasteiger partial charge in [-0.1, -0.05) is 52.7 Å². The highest BCUT2D eigenvalue weighted by atomic mass is 35.5. The van der Waals surface area contributed by atoms with Gasteiger partial charge in [-0.05, 0) is 24.3 Å². The quantitative estimate of drug-likeness (QED) is 0.392. The number of thiazole rings is 1. The zero-order valence-corrected chi connectivity index (χ0v) is 17.9. The molecule has 0 bridgehead atoms. The fraction of sp³-hybridized carbons (Fsp3) is 0.0526. The number of aromatic nitrogens is 4. The van der Waals surface area contributed by atoms with Crippen LogP contribution in [-0.2, 0) is 0 Å². The minimum absolute atomic E-state index is 0. The molecule has 3 aromatic heterocycles. The lowest BCUT2D eigenvalue weighted by Crippen LogP contribution is -2.24. The third-order valence-corrected chi connectivity index (χ3v) is 5.77. The maximum atomic E-state index is 12.9. The van der Waals surface area contributed by atoms with Gasteiger partial charge >= 0.3 is 0 Å². The smallest absolute Gasteiger partial charge is 0.291 e. The first-order valence-electron chi connectivity index (χ1n) is 8.18. The molecular formula is C19H11Cl3N4O2S. The summed E-state index contributed by atoms with van der Waals surface area (Å²) in [6.45, 7) is 0. The number of para-hydroxylation sites is 1.